The van der Waals surface area contributed by atoms with Gasteiger partial charge in [0.1, 0.15) is 17.0 Å². The van der Waals surface area contributed by atoms with Crippen molar-refractivity contribution in [1.82, 2.24) is 20.3 Å². The van der Waals surface area contributed by atoms with Crippen molar-refractivity contribution in [2.24, 2.45) is 0 Å². The van der Waals surface area contributed by atoms with E-state index in [-0.39, 0.29) is 0 Å². The highest BCUT2D eigenvalue weighted by atomic mass is 35.5. The Morgan fingerprint density at radius 1 is 1.37 bits per heavy atom. The molecule has 1 aliphatic heterocycles. The van der Waals surface area contributed by atoms with Gasteiger partial charge in [-0.05, 0) is 25.1 Å². The predicted molar refractivity (Wildman–Crippen MR) is 73.3 cm³/mol. The number of nitrogens with one attached hydrogen (secondary N) is 1. The van der Waals surface area contributed by atoms with Gasteiger partial charge in [0.2, 0.25) is 0 Å². The van der Waals surface area contributed by atoms with Crippen molar-refractivity contribution in [2.45, 2.75) is 18.9 Å². The van der Waals surface area contributed by atoms with Crippen LogP contribution in [0.1, 0.15) is 12.1 Å². The van der Waals surface area contributed by atoms with E-state index in [9.17, 15) is 0 Å². The lowest BCUT2D eigenvalue weighted by Gasteiger charge is -2.10. The average molecular weight is 279 g/mol. The molecule has 0 amide bonds. The highest BCUT2D eigenvalue weighted by Crippen LogP contribution is 2.16. The van der Waals surface area contributed by atoms with E-state index in [2.05, 4.69) is 20.3 Å². The van der Waals surface area contributed by atoms with Crippen molar-refractivity contribution in [3.8, 4) is 0 Å². The second-order valence-electron chi connectivity index (χ2n) is 4.56. The number of fused-ring (bicyclic) bond motifs is 1. The monoisotopic (exact) mass is 278 g/mol. The number of rotatable bonds is 4. The van der Waals surface area contributed by atoms with Crippen molar-refractivity contribution in [3.63, 3.8) is 0 Å². The Morgan fingerprint density at radius 3 is 3.16 bits per heavy atom. The summed E-state index contributed by atoms with van der Waals surface area (Å²) in [5.41, 5.74) is 2.47. The zero-order valence-electron chi connectivity index (χ0n) is 10.5. The largest absolute Gasteiger partial charge is 0.376 e. The lowest BCUT2D eigenvalue weighted by molar-refractivity contribution is 0.0691. The Bertz CT molecular complexity index is 572. The molecular formula is C13H15ClN4O. The van der Waals surface area contributed by atoms with Gasteiger partial charge in [0.05, 0.1) is 23.9 Å². The van der Waals surface area contributed by atoms with Crippen molar-refractivity contribution in [3.05, 3.63) is 29.3 Å². The molecule has 0 aromatic carbocycles. The molecule has 19 heavy (non-hydrogen) atoms. The van der Waals surface area contributed by atoms with Crippen LogP contribution in [-0.2, 0) is 11.2 Å². The maximum absolute atomic E-state index is 5.92. The zero-order valence-corrected chi connectivity index (χ0v) is 11.2. The summed E-state index contributed by atoms with van der Waals surface area (Å²) in [5, 5.41) is 3.74. The standard InChI is InChI=1S/C13H15ClN4O/c14-12-2-1-10-13(18-12)11(17-8-16-10)4-6-19-9-3-5-15-7-9/h1-2,8-9,15H,3-7H2/t9-/m0/s1. The van der Waals surface area contributed by atoms with Crippen LogP contribution < -0.4 is 5.32 Å². The van der Waals surface area contributed by atoms with E-state index in [0.717, 1.165) is 42.7 Å². The minimum atomic E-state index is 0.324. The Morgan fingerprint density at radius 2 is 2.32 bits per heavy atom. The van der Waals surface area contributed by atoms with Crippen molar-refractivity contribution >= 4 is 22.6 Å². The number of ether oxygens (including phenoxy) is 1. The van der Waals surface area contributed by atoms with E-state index in [4.69, 9.17) is 16.3 Å². The molecule has 0 bridgehead atoms. The SMILES string of the molecule is Clc1ccc2ncnc(CCO[C@H]3CCNC3)c2n1. The van der Waals surface area contributed by atoms with Gasteiger partial charge in [-0.3, -0.25) is 0 Å². The molecule has 0 aliphatic carbocycles. The Hall–Kier alpha value is -1.30. The summed E-state index contributed by atoms with van der Waals surface area (Å²) in [4.78, 5) is 12.8. The van der Waals surface area contributed by atoms with E-state index >= 15 is 0 Å². The topological polar surface area (TPSA) is 59.9 Å². The number of nitrogens with zero attached hydrogens (tertiary/aromatic N) is 3. The number of hydrogen-bond donors (Lipinski definition) is 1. The van der Waals surface area contributed by atoms with Gasteiger partial charge in [-0.1, -0.05) is 11.6 Å². The fourth-order valence-corrected chi connectivity index (χ4v) is 2.39. The quantitative estimate of drug-likeness (QED) is 0.861. The van der Waals surface area contributed by atoms with Crippen molar-refractivity contribution in [1.29, 1.82) is 0 Å². The Kier molecular flexibility index (Phi) is 3.87. The van der Waals surface area contributed by atoms with Crippen LogP contribution in [-0.4, -0.2) is 40.8 Å². The lowest BCUT2D eigenvalue weighted by Crippen LogP contribution is -2.18. The molecular weight excluding hydrogens is 264 g/mol. The molecule has 1 saturated heterocycles. The fourth-order valence-electron chi connectivity index (χ4n) is 2.24. The van der Waals surface area contributed by atoms with Gasteiger partial charge >= 0.3 is 0 Å². The summed E-state index contributed by atoms with van der Waals surface area (Å²) >= 11 is 5.92. The summed E-state index contributed by atoms with van der Waals surface area (Å²) in [6, 6.07) is 3.60. The first-order valence-corrected chi connectivity index (χ1v) is 6.79. The second-order valence-corrected chi connectivity index (χ2v) is 4.94. The third kappa shape index (κ3) is 3.00. The predicted octanol–water partition coefficient (Wildman–Crippen LogP) is 1.60. The highest BCUT2D eigenvalue weighted by molar-refractivity contribution is 6.29. The van der Waals surface area contributed by atoms with E-state index in [0.29, 0.717) is 17.9 Å². The molecule has 3 rings (SSSR count). The van der Waals surface area contributed by atoms with Crippen LogP contribution >= 0.6 is 11.6 Å². The molecule has 0 saturated carbocycles. The molecule has 1 atom stereocenters. The van der Waals surface area contributed by atoms with E-state index in [1.54, 1.807) is 12.4 Å². The van der Waals surface area contributed by atoms with Crippen LogP contribution in [0.5, 0.6) is 0 Å². The summed E-state index contributed by atoms with van der Waals surface area (Å²) in [6.07, 6.45) is 3.69. The van der Waals surface area contributed by atoms with Crippen molar-refractivity contribution in [2.75, 3.05) is 19.7 Å². The maximum Gasteiger partial charge on any atom is 0.129 e. The van der Waals surface area contributed by atoms with Crippen LogP contribution in [0.3, 0.4) is 0 Å². The molecule has 5 nitrogen and oxygen atoms in total. The molecule has 1 aliphatic rings. The van der Waals surface area contributed by atoms with Crippen molar-refractivity contribution < 1.29 is 4.74 Å². The van der Waals surface area contributed by atoms with E-state index in [1.807, 2.05) is 6.07 Å². The molecule has 2 aromatic heterocycles. The average Bonchev–Trinajstić information content (AvgIpc) is 2.92. The first kappa shape index (κ1) is 12.7. The molecule has 0 radical (unpaired) electrons. The molecule has 3 heterocycles. The first-order chi connectivity index (χ1) is 9.33. The fraction of sp³-hybridized carbons (Fsp3) is 0.462. The molecule has 1 N–H and O–H groups in total. The zero-order chi connectivity index (χ0) is 13.1. The highest BCUT2D eigenvalue weighted by Gasteiger charge is 2.15. The molecule has 6 heteroatoms. The third-order valence-electron chi connectivity index (χ3n) is 3.23. The minimum absolute atomic E-state index is 0.324. The first-order valence-electron chi connectivity index (χ1n) is 6.41. The smallest absolute Gasteiger partial charge is 0.129 e. The van der Waals surface area contributed by atoms with Crippen LogP contribution in [0.4, 0.5) is 0 Å². The normalized spacial score (nSPS) is 19.1. The number of halogens is 1. The van der Waals surface area contributed by atoms with Gasteiger partial charge in [-0.25, -0.2) is 15.0 Å². The Balaban J connectivity index is 1.71. The summed E-state index contributed by atoms with van der Waals surface area (Å²) in [6.45, 7) is 2.62. The van der Waals surface area contributed by atoms with Crippen LogP contribution in [0.15, 0.2) is 18.5 Å². The number of aromatic nitrogens is 3. The summed E-state index contributed by atoms with van der Waals surface area (Å²) in [7, 11) is 0. The number of hydrogen-bond acceptors (Lipinski definition) is 5. The summed E-state index contributed by atoms with van der Waals surface area (Å²) < 4.78 is 5.80. The third-order valence-corrected chi connectivity index (χ3v) is 3.44. The van der Waals surface area contributed by atoms with Crippen LogP contribution in [0.25, 0.3) is 11.0 Å². The van der Waals surface area contributed by atoms with E-state index in [1.165, 1.54) is 0 Å². The summed E-state index contributed by atoms with van der Waals surface area (Å²) in [5.74, 6) is 0. The molecule has 100 valence electrons. The van der Waals surface area contributed by atoms with Gasteiger partial charge in [0, 0.05) is 13.0 Å². The van der Waals surface area contributed by atoms with Gasteiger partial charge in [-0.2, -0.15) is 0 Å². The molecule has 0 spiro atoms. The second kappa shape index (κ2) is 5.77. The molecule has 2 aromatic rings. The van der Waals surface area contributed by atoms with Gasteiger partial charge in [0.25, 0.3) is 0 Å². The molecule has 0 unspecified atom stereocenters. The van der Waals surface area contributed by atoms with Gasteiger partial charge in [-0.15, -0.1) is 0 Å². The lowest BCUT2D eigenvalue weighted by atomic mass is 10.2. The van der Waals surface area contributed by atoms with E-state index < -0.39 is 0 Å². The molecule has 1 fully saturated rings. The van der Waals surface area contributed by atoms with Gasteiger partial charge in [0.15, 0.2) is 0 Å². The Labute approximate surface area is 116 Å². The van der Waals surface area contributed by atoms with Crippen LogP contribution in [0, 0.1) is 0 Å². The number of pyridine rings is 1. The maximum atomic E-state index is 5.92. The van der Waals surface area contributed by atoms with Crippen LogP contribution in [0.2, 0.25) is 5.15 Å². The minimum Gasteiger partial charge on any atom is -0.376 e. The van der Waals surface area contributed by atoms with Gasteiger partial charge < -0.3 is 10.1 Å².